The number of carboxylic acid groups (broad SMARTS) is 3. The minimum atomic E-state index is -2.05. The normalized spacial score (nSPS) is 14.3. The van der Waals surface area contributed by atoms with Gasteiger partial charge in [0, 0.05) is 31.9 Å². The highest BCUT2D eigenvalue weighted by atomic mass is 16.4. The third kappa shape index (κ3) is 25.7. The van der Waals surface area contributed by atoms with Crippen LogP contribution in [0.2, 0.25) is 0 Å². The Morgan fingerprint density at radius 1 is 0.471 bits per heavy atom. The summed E-state index contributed by atoms with van der Waals surface area (Å²) in [4.78, 5) is 182. The number of amides is 10. The highest BCUT2D eigenvalue weighted by Gasteiger charge is 2.39. The van der Waals surface area contributed by atoms with Gasteiger partial charge in [0.1, 0.15) is 53.9 Å². The van der Waals surface area contributed by atoms with Crippen LogP contribution in [0.3, 0.4) is 0 Å². The standard InChI is InChI=1S/C72H87N13O19/c1-40(87)60(83-57(89)37-75-63(95)51(30-31-58(90)91)82-71(104)72(3,4)85-62(94)50(73)34-49-36-74-39-76-49)68(100)77-52(29-24-42-14-8-5-9-15-42)64(96)84-61(41(2)88)69(101)81-56(38-86)67(99)79-54(35-59(92)93)66(98)78-53(32-43-20-25-47(26-21-43)45-16-10-6-11-17-45)65(97)80-55(70(102)103)33-44-22-27-48(28-23-44)46-18-12-7-13-19-46/h5-23,25-28,36,39-41,50-56,60-61,86-88H,24,29-35,37-38,73H2,1-4H3,(H,74,76)(H,75,95)(H,77,100)(H,78,98)(H,79,99)(H,80,97)(H,81,101)(H,82,104)(H,83,89)(H,84,96)(H,85,94)(H,90,91)(H,92,93)(H,102,103)/t40-,41-,50+,51+,52+,53+,54+,55+,56+,60+,61+/m1/s1. The van der Waals surface area contributed by atoms with E-state index in [9.17, 15) is 93.0 Å². The van der Waals surface area contributed by atoms with Crippen LogP contribution in [0.25, 0.3) is 22.3 Å². The van der Waals surface area contributed by atoms with Crippen molar-refractivity contribution in [3.8, 4) is 22.3 Å². The van der Waals surface area contributed by atoms with Crippen molar-refractivity contribution in [3.63, 3.8) is 0 Å². The molecule has 5 aromatic carbocycles. The minimum Gasteiger partial charge on any atom is -0.481 e. The zero-order valence-electron chi connectivity index (χ0n) is 57.4. The third-order valence-corrected chi connectivity index (χ3v) is 16.4. The number of nitrogens with two attached hydrogens (primary N) is 1. The Balaban J connectivity index is 1.13. The number of aliphatic hydroxyl groups is 3. The zero-order valence-corrected chi connectivity index (χ0v) is 57.4. The van der Waals surface area contributed by atoms with Crippen molar-refractivity contribution < 1.29 is 93.0 Å². The van der Waals surface area contributed by atoms with E-state index in [-0.39, 0.29) is 32.1 Å². The Kier molecular flexibility index (Phi) is 30.8. The van der Waals surface area contributed by atoms with Crippen molar-refractivity contribution in [2.24, 2.45) is 5.73 Å². The molecule has 554 valence electrons. The van der Waals surface area contributed by atoms with Crippen molar-refractivity contribution in [2.45, 2.75) is 151 Å². The molecule has 32 nitrogen and oxygen atoms in total. The average Bonchev–Trinajstić information content (AvgIpc) is 0.853. The van der Waals surface area contributed by atoms with Crippen molar-refractivity contribution >= 4 is 77.0 Å². The van der Waals surface area contributed by atoms with Crippen LogP contribution in [-0.2, 0) is 88.0 Å². The number of benzene rings is 5. The maximum Gasteiger partial charge on any atom is 0.326 e. The lowest BCUT2D eigenvalue weighted by Gasteiger charge is -2.29. The van der Waals surface area contributed by atoms with Crippen LogP contribution in [0.1, 0.15) is 75.8 Å². The van der Waals surface area contributed by atoms with Crippen LogP contribution < -0.4 is 58.9 Å². The molecule has 11 atom stereocenters. The molecular formula is C72H87N13O19. The minimum absolute atomic E-state index is 0.000615. The molecule has 104 heavy (non-hydrogen) atoms. The van der Waals surface area contributed by atoms with Gasteiger partial charge in [-0.25, -0.2) is 9.78 Å². The summed E-state index contributed by atoms with van der Waals surface area (Å²) in [5, 5.41) is 85.3. The summed E-state index contributed by atoms with van der Waals surface area (Å²) in [5.41, 5.74) is 9.77. The number of imidazole rings is 1. The number of aryl methyl sites for hydroxylation is 1. The van der Waals surface area contributed by atoms with Crippen LogP contribution in [0.4, 0.5) is 0 Å². The van der Waals surface area contributed by atoms with Crippen LogP contribution in [-0.4, -0.2) is 203 Å². The highest BCUT2D eigenvalue weighted by Crippen LogP contribution is 2.22. The van der Waals surface area contributed by atoms with Gasteiger partial charge >= 0.3 is 17.9 Å². The second-order valence-electron chi connectivity index (χ2n) is 25.2. The Morgan fingerprint density at radius 3 is 1.42 bits per heavy atom. The molecule has 0 aliphatic heterocycles. The fourth-order valence-corrected chi connectivity index (χ4v) is 10.6. The number of nitrogens with one attached hydrogen (secondary N) is 11. The van der Waals surface area contributed by atoms with Gasteiger partial charge in [0.2, 0.25) is 59.1 Å². The number of carbonyl (C=O) groups excluding carboxylic acids is 10. The average molecular weight is 1440 g/mol. The number of aliphatic hydroxyl groups excluding tert-OH is 3. The van der Waals surface area contributed by atoms with Gasteiger partial charge in [-0.15, -0.1) is 0 Å². The first-order valence-electron chi connectivity index (χ1n) is 33.1. The topological polar surface area (TPSA) is 518 Å². The summed E-state index contributed by atoms with van der Waals surface area (Å²) < 4.78 is 0. The summed E-state index contributed by atoms with van der Waals surface area (Å²) in [6.45, 7) is 2.56. The van der Waals surface area contributed by atoms with Crippen molar-refractivity contribution in [1.82, 2.24) is 63.1 Å². The smallest absolute Gasteiger partial charge is 0.326 e. The van der Waals surface area contributed by atoms with E-state index in [0.29, 0.717) is 22.4 Å². The summed E-state index contributed by atoms with van der Waals surface area (Å²) in [6, 6.07) is 25.3. The first-order chi connectivity index (χ1) is 49.4. The first-order valence-corrected chi connectivity index (χ1v) is 33.1. The Morgan fingerprint density at radius 2 is 0.923 bits per heavy atom. The summed E-state index contributed by atoms with van der Waals surface area (Å²) >= 11 is 0. The van der Waals surface area contributed by atoms with E-state index in [1.54, 1.807) is 78.9 Å². The number of carbonyl (C=O) groups is 13. The molecule has 0 radical (unpaired) electrons. The van der Waals surface area contributed by atoms with E-state index in [1.165, 1.54) is 26.4 Å². The molecule has 0 saturated carbocycles. The third-order valence-electron chi connectivity index (χ3n) is 16.4. The maximum absolute atomic E-state index is 14.3. The van der Waals surface area contributed by atoms with Gasteiger partial charge < -0.3 is 94.5 Å². The molecule has 1 heterocycles. The largest absolute Gasteiger partial charge is 0.481 e. The number of carboxylic acids is 3. The molecule has 0 spiro atoms. The summed E-state index contributed by atoms with van der Waals surface area (Å²) in [5.74, 6) is -15.7. The number of hydrogen-bond donors (Lipinski definition) is 18. The molecule has 32 heteroatoms. The molecule has 0 unspecified atom stereocenters. The van der Waals surface area contributed by atoms with E-state index in [4.69, 9.17) is 5.73 Å². The van der Waals surface area contributed by atoms with Gasteiger partial charge in [-0.2, -0.15) is 0 Å². The van der Waals surface area contributed by atoms with Crippen LogP contribution in [0.15, 0.2) is 152 Å². The van der Waals surface area contributed by atoms with E-state index in [2.05, 4.69) is 63.1 Å². The fourth-order valence-electron chi connectivity index (χ4n) is 10.6. The first kappa shape index (κ1) is 81.2. The lowest BCUT2D eigenvalue weighted by molar-refractivity contribution is -0.143. The maximum atomic E-state index is 14.3. The molecular weight excluding hydrogens is 1350 g/mol. The Hall–Kier alpha value is -11.7. The fraction of sp³-hybridized carbons (Fsp3) is 0.361. The number of rotatable bonds is 40. The molecule has 0 fully saturated rings. The zero-order chi connectivity index (χ0) is 76.2. The molecule has 0 bridgehead atoms. The summed E-state index contributed by atoms with van der Waals surface area (Å²) in [6.07, 6.45) is -3.63. The number of aromatic nitrogens is 2. The summed E-state index contributed by atoms with van der Waals surface area (Å²) in [7, 11) is 0. The van der Waals surface area contributed by atoms with Crippen LogP contribution in [0, 0.1) is 0 Å². The Labute approximate surface area is 597 Å². The lowest BCUT2D eigenvalue weighted by atomic mass is 9.98. The Bertz CT molecular complexity index is 3920. The molecule has 6 aromatic rings. The van der Waals surface area contributed by atoms with Gasteiger partial charge in [-0.1, -0.05) is 140 Å². The molecule has 6 rings (SSSR count). The molecule has 0 aliphatic rings. The lowest BCUT2D eigenvalue weighted by Crippen LogP contribution is -2.63. The van der Waals surface area contributed by atoms with E-state index in [0.717, 1.165) is 36.1 Å². The van der Waals surface area contributed by atoms with Gasteiger partial charge in [0.05, 0.1) is 49.8 Å². The van der Waals surface area contributed by atoms with Crippen molar-refractivity contribution in [3.05, 3.63) is 174 Å². The van der Waals surface area contributed by atoms with Crippen LogP contribution >= 0.6 is 0 Å². The van der Waals surface area contributed by atoms with Gasteiger partial charge in [-0.3, -0.25) is 57.5 Å². The SMILES string of the molecule is C[C@@H](O)[C@H](NC(=O)CNC(=O)[C@H](CCC(=O)O)NC(=O)C(C)(C)NC(=O)[C@@H](N)Cc1c[nH]cn1)C(=O)N[C@@H](CCc1ccccc1)C(=O)N[C@H](C(=O)N[C@@H](CO)C(=O)N[C@@H](CC(=O)O)C(=O)N[C@@H](Cc1ccc(-c2ccccc2)cc1)C(=O)N[C@@H](Cc1ccc(-c2ccccc2)cc1)C(=O)O)[C@@H](C)O. The highest BCUT2D eigenvalue weighted by molar-refractivity contribution is 6.00. The molecule has 1 aromatic heterocycles. The van der Waals surface area contributed by atoms with Gasteiger partial charge in [0.25, 0.3) is 0 Å². The monoisotopic (exact) mass is 1440 g/mol. The molecule has 0 saturated heterocycles. The second kappa shape index (κ2) is 39.5. The molecule has 0 aliphatic carbocycles. The van der Waals surface area contributed by atoms with E-state index in [1.807, 2.05) is 60.7 Å². The van der Waals surface area contributed by atoms with E-state index >= 15 is 0 Å². The number of aliphatic carboxylic acids is 3. The predicted molar refractivity (Wildman–Crippen MR) is 374 cm³/mol. The quantitative estimate of drug-likeness (QED) is 0.0215. The van der Waals surface area contributed by atoms with Crippen LogP contribution in [0.5, 0.6) is 0 Å². The molecule has 19 N–H and O–H groups in total. The van der Waals surface area contributed by atoms with Crippen molar-refractivity contribution in [2.75, 3.05) is 13.2 Å². The van der Waals surface area contributed by atoms with Gasteiger partial charge in [-0.05, 0) is 85.9 Å². The predicted octanol–water partition coefficient (Wildman–Crippen LogP) is -1.20. The second-order valence-corrected chi connectivity index (χ2v) is 25.2. The number of aromatic amines is 1. The number of nitrogens with zero attached hydrogens (tertiary/aromatic N) is 1. The number of hydrogen-bond acceptors (Lipinski definition) is 18. The van der Waals surface area contributed by atoms with E-state index < -0.39 is 182 Å². The van der Waals surface area contributed by atoms with Crippen molar-refractivity contribution in [1.29, 1.82) is 0 Å². The van der Waals surface area contributed by atoms with Gasteiger partial charge in [0.15, 0.2) is 0 Å². The molecule has 10 amide bonds. The number of H-pyrrole nitrogens is 1.